The number of aryl methyl sites for hydroxylation is 1. The summed E-state index contributed by atoms with van der Waals surface area (Å²) in [4.78, 5) is 10.6. The maximum Gasteiger partial charge on any atom is 0.324 e. The highest BCUT2D eigenvalue weighted by Gasteiger charge is 2.21. The van der Waals surface area contributed by atoms with Gasteiger partial charge in [0.1, 0.15) is 12.4 Å². The topological polar surface area (TPSA) is 74.7 Å². The minimum absolute atomic E-state index is 0.163. The lowest BCUT2D eigenvalue weighted by atomic mass is 10.2. The van der Waals surface area contributed by atoms with Gasteiger partial charge in [-0.1, -0.05) is 0 Å². The summed E-state index contributed by atoms with van der Waals surface area (Å²) in [6.07, 6.45) is 0.902. The lowest BCUT2D eigenvalue weighted by Gasteiger charge is -2.22. The number of aliphatic carboxylic acids is 1. The number of sulfonamides is 1. The molecule has 17 heavy (non-hydrogen) atoms. The number of nitrogens with zero attached hydrogens (tertiary/aromatic N) is 1. The van der Waals surface area contributed by atoms with Crippen LogP contribution in [-0.4, -0.2) is 32.3 Å². The molecule has 0 spiro atoms. The third-order valence-electron chi connectivity index (χ3n) is 2.11. The lowest BCUT2D eigenvalue weighted by molar-refractivity contribution is -0.135. The number of carbonyl (C=O) groups is 1. The maximum atomic E-state index is 12.9. The van der Waals surface area contributed by atoms with Crippen molar-refractivity contribution in [1.82, 2.24) is 0 Å². The molecule has 1 N–H and O–H groups in total. The van der Waals surface area contributed by atoms with E-state index in [1.54, 1.807) is 0 Å². The first-order chi connectivity index (χ1) is 7.71. The Labute approximate surface area is 98.5 Å². The van der Waals surface area contributed by atoms with E-state index in [4.69, 9.17) is 5.11 Å². The molecule has 0 heterocycles. The fourth-order valence-electron chi connectivity index (χ4n) is 1.40. The van der Waals surface area contributed by atoms with E-state index in [0.717, 1.165) is 22.7 Å². The molecule has 0 unspecified atom stereocenters. The molecule has 0 aliphatic heterocycles. The molecule has 0 radical (unpaired) electrons. The Morgan fingerprint density at radius 1 is 1.47 bits per heavy atom. The summed E-state index contributed by atoms with van der Waals surface area (Å²) in [5, 5.41) is 8.67. The molecule has 0 aliphatic rings. The number of hydrogen-bond donors (Lipinski definition) is 1. The first-order valence-corrected chi connectivity index (χ1v) is 6.52. The number of anilines is 1. The van der Waals surface area contributed by atoms with Crippen LogP contribution in [0.5, 0.6) is 0 Å². The van der Waals surface area contributed by atoms with E-state index in [1.165, 1.54) is 13.0 Å². The molecular weight excluding hydrogens is 249 g/mol. The molecule has 0 bridgehead atoms. The van der Waals surface area contributed by atoms with Crippen molar-refractivity contribution < 1.29 is 22.7 Å². The standard InChI is InChI=1S/C10H12FNO4S/c1-7-5-8(11)3-4-9(7)12(6-10(13)14)17(2,15)16/h3-5H,6H2,1-2H3,(H,13,14). The molecule has 5 nitrogen and oxygen atoms in total. The van der Waals surface area contributed by atoms with Crippen molar-refractivity contribution in [3.8, 4) is 0 Å². The molecule has 0 atom stereocenters. The summed E-state index contributed by atoms with van der Waals surface area (Å²) in [6, 6.07) is 3.48. The molecule has 1 rings (SSSR count). The Balaban J connectivity index is 3.27. The van der Waals surface area contributed by atoms with E-state index in [1.807, 2.05) is 0 Å². The molecular formula is C10H12FNO4S. The van der Waals surface area contributed by atoms with Crippen LogP contribution >= 0.6 is 0 Å². The van der Waals surface area contributed by atoms with Gasteiger partial charge < -0.3 is 5.11 Å². The highest BCUT2D eigenvalue weighted by Crippen LogP contribution is 2.22. The molecule has 0 fully saturated rings. The quantitative estimate of drug-likeness (QED) is 0.876. The van der Waals surface area contributed by atoms with Gasteiger partial charge in [0, 0.05) is 0 Å². The Morgan fingerprint density at radius 3 is 2.47 bits per heavy atom. The number of halogens is 1. The van der Waals surface area contributed by atoms with Gasteiger partial charge >= 0.3 is 5.97 Å². The van der Waals surface area contributed by atoms with Crippen molar-refractivity contribution >= 4 is 21.7 Å². The molecule has 0 aromatic heterocycles. The van der Waals surface area contributed by atoms with E-state index >= 15 is 0 Å². The van der Waals surface area contributed by atoms with Crippen LogP contribution in [0.4, 0.5) is 10.1 Å². The SMILES string of the molecule is Cc1cc(F)ccc1N(CC(=O)O)S(C)(=O)=O. The predicted octanol–water partition coefficient (Wildman–Crippen LogP) is 0.985. The zero-order valence-corrected chi connectivity index (χ0v) is 10.2. The summed E-state index contributed by atoms with van der Waals surface area (Å²) in [6.45, 7) is 0.823. The van der Waals surface area contributed by atoms with Crippen molar-refractivity contribution in [1.29, 1.82) is 0 Å². The van der Waals surface area contributed by atoms with Gasteiger partial charge in [-0.3, -0.25) is 9.10 Å². The lowest BCUT2D eigenvalue weighted by Crippen LogP contribution is -2.35. The zero-order chi connectivity index (χ0) is 13.2. The Hall–Kier alpha value is -1.63. The van der Waals surface area contributed by atoms with Crippen molar-refractivity contribution in [2.45, 2.75) is 6.92 Å². The molecule has 0 saturated heterocycles. The normalized spacial score (nSPS) is 11.2. The third-order valence-corrected chi connectivity index (χ3v) is 3.23. The Kier molecular flexibility index (Phi) is 3.72. The molecule has 0 amide bonds. The van der Waals surface area contributed by atoms with Crippen molar-refractivity contribution in [2.75, 3.05) is 17.1 Å². The molecule has 0 aliphatic carbocycles. The monoisotopic (exact) mass is 261 g/mol. The van der Waals surface area contributed by atoms with Gasteiger partial charge in [0.15, 0.2) is 0 Å². The molecule has 1 aromatic carbocycles. The fourth-order valence-corrected chi connectivity index (χ4v) is 2.31. The van der Waals surface area contributed by atoms with Gasteiger partial charge in [0.2, 0.25) is 10.0 Å². The van der Waals surface area contributed by atoms with E-state index in [-0.39, 0.29) is 5.69 Å². The molecule has 0 saturated carbocycles. The van der Waals surface area contributed by atoms with Gasteiger partial charge in [0.05, 0.1) is 11.9 Å². The third kappa shape index (κ3) is 3.42. The summed E-state index contributed by atoms with van der Waals surface area (Å²) >= 11 is 0. The van der Waals surface area contributed by atoms with Gasteiger partial charge in [-0.15, -0.1) is 0 Å². The Bertz CT molecular complexity index is 541. The Morgan fingerprint density at radius 2 is 2.06 bits per heavy atom. The predicted molar refractivity (Wildman–Crippen MR) is 61.0 cm³/mol. The average Bonchev–Trinajstić information content (AvgIpc) is 2.13. The number of rotatable bonds is 4. The highest BCUT2D eigenvalue weighted by molar-refractivity contribution is 7.92. The zero-order valence-electron chi connectivity index (χ0n) is 9.34. The number of carboxylic acid groups (broad SMARTS) is 1. The second-order valence-electron chi connectivity index (χ2n) is 3.59. The van der Waals surface area contributed by atoms with Crippen molar-refractivity contribution in [3.05, 3.63) is 29.6 Å². The van der Waals surface area contributed by atoms with Crippen LogP contribution in [0.3, 0.4) is 0 Å². The first-order valence-electron chi connectivity index (χ1n) is 4.67. The van der Waals surface area contributed by atoms with Crippen LogP contribution in [0.25, 0.3) is 0 Å². The van der Waals surface area contributed by atoms with E-state index < -0.39 is 28.4 Å². The van der Waals surface area contributed by atoms with Crippen LogP contribution in [0.15, 0.2) is 18.2 Å². The highest BCUT2D eigenvalue weighted by atomic mass is 32.2. The second kappa shape index (κ2) is 4.70. The maximum absolute atomic E-state index is 12.9. The fraction of sp³-hybridized carbons (Fsp3) is 0.300. The van der Waals surface area contributed by atoms with E-state index in [0.29, 0.717) is 5.56 Å². The van der Waals surface area contributed by atoms with Crippen LogP contribution < -0.4 is 4.31 Å². The largest absolute Gasteiger partial charge is 0.480 e. The van der Waals surface area contributed by atoms with Gasteiger partial charge in [-0.25, -0.2) is 12.8 Å². The number of hydrogen-bond acceptors (Lipinski definition) is 3. The van der Waals surface area contributed by atoms with Gasteiger partial charge in [0.25, 0.3) is 0 Å². The van der Waals surface area contributed by atoms with E-state index in [2.05, 4.69) is 0 Å². The smallest absolute Gasteiger partial charge is 0.324 e. The van der Waals surface area contributed by atoms with Gasteiger partial charge in [-0.05, 0) is 30.7 Å². The van der Waals surface area contributed by atoms with Crippen LogP contribution in [0.2, 0.25) is 0 Å². The molecule has 94 valence electrons. The summed E-state index contributed by atoms with van der Waals surface area (Å²) in [5.41, 5.74) is 0.521. The van der Waals surface area contributed by atoms with Crippen LogP contribution in [-0.2, 0) is 14.8 Å². The van der Waals surface area contributed by atoms with Gasteiger partial charge in [-0.2, -0.15) is 0 Å². The number of benzene rings is 1. The average molecular weight is 261 g/mol. The summed E-state index contributed by atoms with van der Waals surface area (Å²) in [7, 11) is -3.72. The first kappa shape index (κ1) is 13.4. The number of carboxylic acids is 1. The van der Waals surface area contributed by atoms with Crippen LogP contribution in [0.1, 0.15) is 5.56 Å². The minimum Gasteiger partial charge on any atom is -0.480 e. The summed E-state index contributed by atoms with van der Waals surface area (Å²) < 4.78 is 36.6. The van der Waals surface area contributed by atoms with E-state index in [9.17, 15) is 17.6 Å². The minimum atomic E-state index is -3.72. The summed E-state index contributed by atoms with van der Waals surface area (Å²) in [5.74, 6) is -1.78. The molecule has 7 heteroatoms. The van der Waals surface area contributed by atoms with Crippen molar-refractivity contribution in [3.63, 3.8) is 0 Å². The van der Waals surface area contributed by atoms with Crippen molar-refractivity contribution in [2.24, 2.45) is 0 Å². The van der Waals surface area contributed by atoms with Crippen LogP contribution in [0, 0.1) is 12.7 Å². The molecule has 1 aromatic rings. The second-order valence-corrected chi connectivity index (χ2v) is 5.50.